The highest BCUT2D eigenvalue weighted by Crippen LogP contribution is 2.35. The van der Waals surface area contributed by atoms with Gasteiger partial charge in [0.05, 0.1) is 11.9 Å². The second-order valence-corrected chi connectivity index (χ2v) is 5.87. The Morgan fingerprint density at radius 1 is 0.926 bits per heavy atom. The largest absolute Gasteiger partial charge is 0.354 e. The number of carbonyl (C=O) groups excluding carboxylic acids is 1. The summed E-state index contributed by atoms with van der Waals surface area (Å²) in [5.74, 6) is 0.392. The third-order valence-electron chi connectivity index (χ3n) is 4.08. The van der Waals surface area contributed by atoms with E-state index >= 15 is 0 Å². The Bertz CT molecular complexity index is 1100. The van der Waals surface area contributed by atoms with Crippen molar-refractivity contribution in [3.63, 3.8) is 0 Å². The summed E-state index contributed by atoms with van der Waals surface area (Å²) in [7, 11) is 0. The van der Waals surface area contributed by atoms with E-state index in [-0.39, 0.29) is 0 Å². The van der Waals surface area contributed by atoms with Crippen molar-refractivity contribution in [2.45, 2.75) is 0 Å². The number of nitrogens with zero attached hydrogens (tertiary/aromatic N) is 3. The lowest BCUT2D eigenvalue weighted by Gasteiger charge is -2.14. The number of rotatable bonds is 4. The van der Waals surface area contributed by atoms with Crippen LogP contribution in [0.1, 0.15) is 0 Å². The first-order valence-electron chi connectivity index (χ1n) is 8.27. The number of pyridine rings is 3. The molecule has 0 aliphatic rings. The summed E-state index contributed by atoms with van der Waals surface area (Å²) in [6.07, 6.45) is 8.67. The molecule has 0 aliphatic heterocycles. The van der Waals surface area contributed by atoms with Gasteiger partial charge in [0.25, 0.3) is 0 Å². The Morgan fingerprint density at radius 3 is 2.52 bits per heavy atom. The van der Waals surface area contributed by atoms with Gasteiger partial charge in [-0.25, -0.2) is 9.78 Å². The zero-order chi connectivity index (χ0) is 18.6. The van der Waals surface area contributed by atoms with Crippen molar-refractivity contribution in [1.29, 1.82) is 0 Å². The molecule has 7 heteroatoms. The molecule has 0 bridgehead atoms. The molecule has 0 saturated carbocycles. The molecule has 0 spiro atoms. The molecule has 0 aliphatic carbocycles. The molecule has 0 radical (unpaired) electrons. The number of urea groups is 1. The minimum Gasteiger partial charge on any atom is -0.354 e. The third kappa shape index (κ3) is 3.52. The van der Waals surface area contributed by atoms with Crippen molar-refractivity contribution in [2.24, 2.45) is 5.73 Å². The van der Waals surface area contributed by atoms with Gasteiger partial charge in [-0.05, 0) is 52.9 Å². The minimum atomic E-state index is -0.656. The number of hydrogen-bond donors (Lipinski definition) is 3. The van der Waals surface area contributed by atoms with Gasteiger partial charge in [-0.2, -0.15) is 0 Å². The molecule has 0 fully saturated rings. The van der Waals surface area contributed by atoms with Crippen LogP contribution in [0.5, 0.6) is 0 Å². The fraction of sp³-hybridized carbons (Fsp3) is 0. The Balaban J connectivity index is 1.88. The van der Waals surface area contributed by atoms with E-state index in [2.05, 4.69) is 25.6 Å². The van der Waals surface area contributed by atoms with Crippen molar-refractivity contribution in [2.75, 3.05) is 10.6 Å². The topological polar surface area (TPSA) is 106 Å². The molecule has 0 unspecified atom stereocenters. The van der Waals surface area contributed by atoms with Crippen LogP contribution in [-0.4, -0.2) is 21.0 Å². The smallest absolute Gasteiger partial charge is 0.317 e. The first-order valence-corrected chi connectivity index (χ1v) is 8.27. The number of amides is 2. The summed E-state index contributed by atoms with van der Waals surface area (Å²) in [5.41, 5.74) is 9.00. The minimum absolute atomic E-state index is 0.392. The number of primary amides is 1. The fourth-order valence-electron chi connectivity index (χ4n) is 2.92. The van der Waals surface area contributed by atoms with Crippen molar-refractivity contribution in [3.8, 4) is 11.1 Å². The van der Waals surface area contributed by atoms with Gasteiger partial charge < -0.3 is 11.1 Å². The van der Waals surface area contributed by atoms with Gasteiger partial charge in [-0.3, -0.25) is 15.3 Å². The lowest BCUT2D eigenvalue weighted by molar-refractivity contribution is 0.259. The normalized spacial score (nSPS) is 10.5. The van der Waals surface area contributed by atoms with E-state index in [1.54, 1.807) is 31.0 Å². The average Bonchev–Trinajstić information content (AvgIpc) is 2.69. The summed E-state index contributed by atoms with van der Waals surface area (Å²) in [6, 6.07) is 12.8. The SMILES string of the molecule is NC(=O)Nc1cc2c(-c3ccncc3)ccc(Nc3cccnc3)c2cn1. The summed E-state index contributed by atoms with van der Waals surface area (Å²) in [4.78, 5) is 23.7. The molecular weight excluding hydrogens is 340 g/mol. The van der Waals surface area contributed by atoms with Crippen molar-refractivity contribution in [1.82, 2.24) is 15.0 Å². The lowest BCUT2D eigenvalue weighted by atomic mass is 9.99. The second kappa shape index (κ2) is 7.09. The van der Waals surface area contributed by atoms with Gasteiger partial charge >= 0.3 is 6.03 Å². The quantitative estimate of drug-likeness (QED) is 0.514. The van der Waals surface area contributed by atoms with E-state index < -0.39 is 6.03 Å². The molecular formula is C20H16N6O. The molecule has 4 rings (SSSR count). The van der Waals surface area contributed by atoms with Gasteiger partial charge in [0.15, 0.2) is 0 Å². The standard InChI is InChI=1S/C20H16N6O/c21-20(27)26-19-10-16-15(13-5-8-22-9-6-13)3-4-18(17(16)12-24-19)25-14-2-1-7-23-11-14/h1-12,25H,(H3,21,24,26,27). The molecule has 27 heavy (non-hydrogen) atoms. The molecule has 7 nitrogen and oxygen atoms in total. The molecule has 3 aromatic heterocycles. The van der Waals surface area contributed by atoms with Gasteiger partial charge in [0, 0.05) is 35.9 Å². The molecule has 3 heterocycles. The highest BCUT2D eigenvalue weighted by atomic mass is 16.2. The number of benzene rings is 1. The highest BCUT2D eigenvalue weighted by Gasteiger charge is 2.11. The predicted octanol–water partition coefficient (Wildman–Crippen LogP) is 3.93. The summed E-state index contributed by atoms with van der Waals surface area (Å²) in [6.45, 7) is 0. The molecule has 1 aromatic carbocycles. The summed E-state index contributed by atoms with van der Waals surface area (Å²) < 4.78 is 0. The zero-order valence-electron chi connectivity index (χ0n) is 14.3. The maximum Gasteiger partial charge on any atom is 0.317 e. The van der Waals surface area contributed by atoms with Gasteiger partial charge in [-0.1, -0.05) is 6.07 Å². The van der Waals surface area contributed by atoms with Crippen molar-refractivity contribution < 1.29 is 4.79 Å². The van der Waals surface area contributed by atoms with Crippen molar-refractivity contribution in [3.05, 3.63) is 73.4 Å². The van der Waals surface area contributed by atoms with Crippen LogP contribution >= 0.6 is 0 Å². The molecule has 4 N–H and O–H groups in total. The lowest BCUT2D eigenvalue weighted by Crippen LogP contribution is -2.19. The summed E-state index contributed by atoms with van der Waals surface area (Å²) in [5, 5.41) is 7.72. The maximum atomic E-state index is 11.2. The monoisotopic (exact) mass is 356 g/mol. The maximum absolute atomic E-state index is 11.2. The Hall–Kier alpha value is -4.00. The van der Waals surface area contributed by atoms with E-state index in [4.69, 9.17) is 5.73 Å². The average molecular weight is 356 g/mol. The molecule has 4 aromatic rings. The highest BCUT2D eigenvalue weighted by molar-refractivity contribution is 6.05. The number of nitrogens with two attached hydrogens (primary N) is 1. The Morgan fingerprint density at radius 2 is 1.78 bits per heavy atom. The molecule has 2 amide bonds. The van der Waals surface area contributed by atoms with Crippen LogP contribution in [0.2, 0.25) is 0 Å². The Kier molecular flexibility index (Phi) is 4.32. The van der Waals surface area contributed by atoms with Crippen LogP contribution in [0, 0.1) is 0 Å². The first-order chi connectivity index (χ1) is 13.2. The van der Waals surface area contributed by atoms with Crippen molar-refractivity contribution >= 4 is 34.0 Å². The molecule has 0 atom stereocenters. The number of nitrogens with one attached hydrogen (secondary N) is 2. The first kappa shape index (κ1) is 16.5. The van der Waals surface area contributed by atoms with E-state index in [0.717, 1.165) is 33.3 Å². The third-order valence-corrected chi connectivity index (χ3v) is 4.08. The van der Waals surface area contributed by atoms with Crippen LogP contribution in [0.25, 0.3) is 21.9 Å². The van der Waals surface area contributed by atoms with Gasteiger partial charge in [-0.15, -0.1) is 0 Å². The Labute approximate surface area is 155 Å². The number of anilines is 3. The van der Waals surface area contributed by atoms with Crippen LogP contribution in [0.15, 0.2) is 73.4 Å². The van der Waals surface area contributed by atoms with E-state index in [9.17, 15) is 4.79 Å². The predicted molar refractivity (Wildman–Crippen MR) is 106 cm³/mol. The van der Waals surface area contributed by atoms with Crippen LogP contribution < -0.4 is 16.4 Å². The van der Waals surface area contributed by atoms with Gasteiger partial charge in [0.2, 0.25) is 0 Å². The number of carbonyl (C=O) groups is 1. The second-order valence-electron chi connectivity index (χ2n) is 5.87. The number of fused-ring (bicyclic) bond motifs is 1. The van der Waals surface area contributed by atoms with E-state index in [1.165, 1.54) is 0 Å². The fourth-order valence-corrected chi connectivity index (χ4v) is 2.92. The van der Waals surface area contributed by atoms with Crippen LogP contribution in [-0.2, 0) is 0 Å². The number of aromatic nitrogens is 3. The summed E-state index contributed by atoms with van der Waals surface area (Å²) >= 11 is 0. The number of hydrogen-bond acceptors (Lipinski definition) is 5. The van der Waals surface area contributed by atoms with E-state index in [0.29, 0.717) is 5.82 Å². The van der Waals surface area contributed by atoms with Crippen LogP contribution in [0.4, 0.5) is 22.0 Å². The van der Waals surface area contributed by atoms with E-state index in [1.807, 2.05) is 42.5 Å². The molecule has 0 saturated heterocycles. The van der Waals surface area contributed by atoms with Gasteiger partial charge in [0.1, 0.15) is 5.82 Å². The zero-order valence-corrected chi connectivity index (χ0v) is 14.3. The van der Waals surface area contributed by atoms with Crippen LogP contribution in [0.3, 0.4) is 0 Å². The molecule has 132 valence electrons.